The van der Waals surface area contributed by atoms with E-state index in [1.165, 1.54) is 11.3 Å². The van der Waals surface area contributed by atoms with Gasteiger partial charge in [0.2, 0.25) is 10.0 Å². The molecular weight excluding hydrogens is 422 g/mol. The van der Waals surface area contributed by atoms with Crippen molar-refractivity contribution in [3.05, 3.63) is 59.5 Å². The third-order valence-corrected chi connectivity index (χ3v) is 8.49. The summed E-state index contributed by atoms with van der Waals surface area (Å²) in [4.78, 5) is 13.2. The fourth-order valence-corrected chi connectivity index (χ4v) is 7.03. The predicted molar refractivity (Wildman–Crippen MR) is 116 cm³/mol. The molecule has 0 amide bonds. The van der Waals surface area contributed by atoms with Crippen molar-refractivity contribution in [2.24, 2.45) is 0 Å². The molecule has 2 heterocycles. The average molecular weight is 444 g/mol. The molecule has 6 nitrogen and oxygen atoms in total. The first-order chi connectivity index (χ1) is 14.3. The zero-order valence-corrected chi connectivity index (χ0v) is 18.2. The Morgan fingerprint density at radius 2 is 1.67 bits per heavy atom. The van der Waals surface area contributed by atoms with Crippen LogP contribution in [0.25, 0.3) is 21.6 Å². The van der Waals surface area contributed by atoms with Crippen molar-refractivity contribution in [3.63, 3.8) is 0 Å². The van der Waals surface area contributed by atoms with Gasteiger partial charge in [-0.15, -0.1) is 11.3 Å². The molecule has 0 fully saturated rings. The highest BCUT2D eigenvalue weighted by molar-refractivity contribution is 7.89. The molecule has 0 bridgehead atoms. The fraction of sp³-hybridized carbons (Fsp3) is 0.227. The largest absolute Gasteiger partial charge is 0.497 e. The van der Waals surface area contributed by atoms with Crippen LogP contribution >= 0.6 is 11.3 Å². The number of nitrogens with zero attached hydrogens (tertiary/aromatic N) is 1. The number of carbonyl (C=O) groups is 1. The molecule has 4 rings (SSSR count). The molecule has 1 atom stereocenters. The Kier molecular flexibility index (Phi) is 5.40. The number of benzene rings is 2. The second-order valence-electron chi connectivity index (χ2n) is 7.02. The van der Waals surface area contributed by atoms with E-state index in [2.05, 4.69) is 0 Å². The first-order valence-electron chi connectivity index (χ1n) is 9.47. The Morgan fingerprint density at radius 1 is 1.10 bits per heavy atom. The van der Waals surface area contributed by atoms with Gasteiger partial charge < -0.3 is 9.84 Å². The molecule has 2 aromatic carbocycles. The van der Waals surface area contributed by atoms with Crippen LogP contribution in [0.15, 0.2) is 59.5 Å². The molecule has 1 aromatic heterocycles. The van der Waals surface area contributed by atoms with Crippen LogP contribution in [0.3, 0.4) is 0 Å². The molecule has 0 radical (unpaired) electrons. The molecule has 3 aromatic rings. The molecular formula is C22H21NO5S2. The van der Waals surface area contributed by atoms with Gasteiger partial charge in [-0.05, 0) is 41.3 Å². The van der Waals surface area contributed by atoms with Gasteiger partial charge in [0.05, 0.1) is 18.6 Å². The van der Waals surface area contributed by atoms with Crippen LogP contribution in [0.1, 0.15) is 18.2 Å². The quantitative estimate of drug-likeness (QED) is 0.608. The number of methoxy groups -OCH3 is 1. The van der Waals surface area contributed by atoms with Gasteiger partial charge in [0, 0.05) is 9.75 Å². The maximum atomic E-state index is 12.9. The number of hydrogen-bond acceptors (Lipinski definition) is 5. The molecule has 30 heavy (non-hydrogen) atoms. The van der Waals surface area contributed by atoms with Crippen molar-refractivity contribution in [1.82, 2.24) is 4.31 Å². The SMILES string of the molecule is CCC(C(=O)O)N1Cc2sc(-c3ccc(-c4ccc(OC)cc4)cc3)cc2S1(=O)=O. The smallest absolute Gasteiger partial charge is 0.322 e. The van der Waals surface area contributed by atoms with Crippen molar-refractivity contribution < 1.29 is 23.1 Å². The highest BCUT2D eigenvalue weighted by Gasteiger charge is 2.42. The maximum Gasteiger partial charge on any atom is 0.322 e. The Morgan fingerprint density at radius 3 is 2.17 bits per heavy atom. The monoisotopic (exact) mass is 443 g/mol. The third kappa shape index (κ3) is 3.51. The summed E-state index contributed by atoms with van der Waals surface area (Å²) in [5.41, 5.74) is 3.05. The number of fused-ring (bicyclic) bond motifs is 1. The minimum Gasteiger partial charge on any atom is -0.497 e. The molecule has 1 aliphatic heterocycles. The van der Waals surface area contributed by atoms with Gasteiger partial charge in [0.1, 0.15) is 11.8 Å². The second-order valence-corrected chi connectivity index (χ2v) is 10.0. The standard InChI is InChI=1S/C22H21NO5S2/c1-3-18(22(24)25)23-13-20-21(30(23,26)27)12-19(29-20)16-6-4-14(5-7-16)15-8-10-17(28-2)11-9-15/h4-12,18H,3,13H2,1-2H3,(H,24,25). The van der Waals surface area contributed by atoms with E-state index in [0.29, 0.717) is 4.88 Å². The van der Waals surface area contributed by atoms with E-state index in [9.17, 15) is 18.3 Å². The molecule has 0 saturated carbocycles. The highest BCUT2D eigenvalue weighted by atomic mass is 32.2. The second kappa shape index (κ2) is 7.86. The summed E-state index contributed by atoms with van der Waals surface area (Å²) in [6, 6.07) is 16.3. The fourth-order valence-electron chi connectivity index (χ4n) is 3.63. The van der Waals surface area contributed by atoms with Gasteiger partial charge in [0.15, 0.2) is 0 Å². The Balaban J connectivity index is 1.60. The average Bonchev–Trinajstić information content (AvgIpc) is 3.27. The van der Waals surface area contributed by atoms with Crippen molar-refractivity contribution in [2.45, 2.75) is 30.8 Å². The van der Waals surface area contributed by atoms with E-state index >= 15 is 0 Å². The number of carboxylic acid groups (broad SMARTS) is 1. The van der Waals surface area contributed by atoms with Gasteiger partial charge in [-0.1, -0.05) is 43.3 Å². The number of rotatable bonds is 6. The molecule has 1 aliphatic rings. The third-order valence-electron chi connectivity index (χ3n) is 5.27. The van der Waals surface area contributed by atoms with Gasteiger partial charge >= 0.3 is 5.97 Å². The van der Waals surface area contributed by atoms with Crippen LogP contribution < -0.4 is 4.74 Å². The minimum absolute atomic E-state index is 0.108. The van der Waals surface area contributed by atoms with Gasteiger partial charge in [0.25, 0.3) is 0 Å². The molecule has 0 saturated heterocycles. The van der Waals surface area contributed by atoms with E-state index in [1.54, 1.807) is 20.1 Å². The summed E-state index contributed by atoms with van der Waals surface area (Å²) < 4.78 is 32.0. The topological polar surface area (TPSA) is 83.9 Å². The molecule has 8 heteroatoms. The lowest BCUT2D eigenvalue weighted by molar-refractivity contribution is -0.141. The van der Waals surface area contributed by atoms with E-state index in [0.717, 1.165) is 31.6 Å². The maximum absolute atomic E-state index is 12.9. The Bertz CT molecular complexity index is 1180. The Labute approximate surface area is 179 Å². The van der Waals surface area contributed by atoms with Crippen LogP contribution in [0.2, 0.25) is 0 Å². The van der Waals surface area contributed by atoms with Crippen LogP contribution in [0.4, 0.5) is 0 Å². The van der Waals surface area contributed by atoms with E-state index in [-0.39, 0.29) is 17.9 Å². The molecule has 0 spiro atoms. The molecule has 0 aliphatic carbocycles. The highest BCUT2D eigenvalue weighted by Crippen LogP contribution is 2.42. The summed E-state index contributed by atoms with van der Waals surface area (Å²) >= 11 is 1.40. The number of aliphatic carboxylic acids is 1. The van der Waals surface area contributed by atoms with Crippen LogP contribution in [-0.4, -0.2) is 37.0 Å². The van der Waals surface area contributed by atoms with Crippen molar-refractivity contribution in [2.75, 3.05) is 7.11 Å². The summed E-state index contributed by atoms with van der Waals surface area (Å²) in [5, 5.41) is 9.35. The van der Waals surface area contributed by atoms with Gasteiger partial charge in [-0.3, -0.25) is 4.79 Å². The molecule has 1 unspecified atom stereocenters. The van der Waals surface area contributed by atoms with E-state index < -0.39 is 22.0 Å². The predicted octanol–water partition coefficient (Wildman–Crippen LogP) is 4.46. The summed E-state index contributed by atoms with van der Waals surface area (Å²) in [5.74, 6) is -0.322. The molecule has 156 valence electrons. The number of ether oxygens (including phenoxy) is 1. The van der Waals surface area contributed by atoms with Gasteiger partial charge in [-0.2, -0.15) is 4.31 Å². The lowest BCUT2D eigenvalue weighted by atomic mass is 10.0. The summed E-state index contributed by atoms with van der Waals surface area (Å²) in [6.07, 6.45) is 0.225. The Hall–Kier alpha value is -2.68. The number of sulfonamides is 1. The lowest BCUT2D eigenvalue weighted by Gasteiger charge is -2.21. The van der Waals surface area contributed by atoms with Crippen molar-refractivity contribution in [1.29, 1.82) is 0 Å². The van der Waals surface area contributed by atoms with E-state index in [4.69, 9.17) is 4.74 Å². The van der Waals surface area contributed by atoms with Crippen LogP contribution in [-0.2, 0) is 21.4 Å². The number of hydrogen-bond donors (Lipinski definition) is 1. The van der Waals surface area contributed by atoms with Gasteiger partial charge in [-0.25, -0.2) is 8.42 Å². The first-order valence-corrected chi connectivity index (χ1v) is 11.7. The summed E-state index contributed by atoms with van der Waals surface area (Å²) in [7, 11) is -2.17. The van der Waals surface area contributed by atoms with Crippen molar-refractivity contribution >= 4 is 27.3 Å². The normalized spacial score (nSPS) is 16.2. The van der Waals surface area contributed by atoms with Crippen LogP contribution in [0.5, 0.6) is 5.75 Å². The zero-order chi connectivity index (χ0) is 21.5. The zero-order valence-electron chi connectivity index (χ0n) is 16.5. The minimum atomic E-state index is -3.80. The lowest BCUT2D eigenvalue weighted by Crippen LogP contribution is -2.40. The molecule has 1 N–H and O–H groups in total. The van der Waals surface area contributed by atoms with Crippen LogP contribution in [0, 0.1) is 0 Å². The summed E-state index contributed by atoms with van der Waals surface area (Å²) in [6.45, 7) is 1.79. The van der Waals surface area contributed by atoms with Crippen molar-refractivity contribution in [3.8, 4) is 27.3 Å². The first kappa shape index (κ1) is 20.6. The number of carboxylic acids is 1. The van der Waals surface area contributed by atoms with E-state index in [1.807, 2.05) is 48.5 Å². The number of thiophene rings is 1.